The van der Waals surface area contributed by atoms with Gasteiger partial charge in [-0.25, -0.2) is 9.37 Å². The molecule has 0 saturated carbocycles. The Hall–Kier alpha value is -2.73. The molecule has 124 valence electrons. The van der Waals surface area contributed by atoms with Gasteiger partial charge in [0.15, 0.2) is 5.69 Å². The SMILES string of the molecule is N#Cc1cncc(Oc2cnc(C(F)(F)F)c3c2C[C@@H](F)[C@H]3O)c1. The maximum absolute atomic E-state index is 13.8. The standard InChI is InChI=1S/C15H9F4N3O2/c16-10-2-9-11(24-8-1-7(3-20)4-21-5-8)6-22-14(15(17,18)19)12(9)13(10)23/h1,4-6,10,13,23H,2H2/t10-,13-/m1/s1. The predicted molar refractivity (Wildman–Crippen MR) is 71.8 cm³/mol. The lowest BCUT2D eigenvalue weighted by atomic mass is 10.1. The summed E-state index contributed by atoms with van der Waals surface area (Å²) < 4.78 is 58.2. The maximum atomic E-state index is 13.8. The van der Waals surface area contributed by atoms with Gasteiger partial charge in [-0.2, -0.15) is 18.4 Å². The number of nitriles is 1. The third kappa shape index (κ3) is 2.76. The van der Waals surface area contributed by atoms with Crippen molar-refractivity contribution in [1.29, 1.82) is 5.26 Å². The van der Waals surface area contributed by atoms with Crippen molar-refractivity contribution in [3.05, 3.63) is 47.0 Å². The van der Waals surface area contributed by atoms with Gasteiger partial charge < -0.3 is 9.84 Å². The second-order valence-electron chi connectivity index (χ2n) is 5.15. The molecule has 0 bridgehead atoms. The number of nitrogens with zero attached hydrogens (tertiary/aromatic N) is 3. The van der Waals surface area contributed by atoms with Crippen LogP contribution in [0.2, 0.25) is 0 Å². The van der Waals surface area contributed by atoms with E-state index >= 15 is 0 Å². The van der Waals surface area contributed by atoms with Crippen LogP contribution in [-0.2, 0) is 12.6 Å². The van der Waals surface area contributed by atoms with E-state index in [1.807, 2.05) is 6.07 Å². The van der Waals surface area contributed by atoms with Crippen LogP contribution in [0, 0.1) is 11.3 Å². The Balaban J connectivity index is 2.06. The van der Waals surface area contributed by atoms with Crippen molar-refractivity contribution in [1.82, 2.24) is 9.97 Å². The minimum Gasteiger partial charge on any atom is -0.454 e. The Morgan fingerprint density at radius 3 is 2.71 bits per heavy atom. The summed E-state index contributed by atoms with van der Waals surface area (Å²) in [6.45, 7) is 0. The first-order chi connectivity index (χ1) is 11.3. The third-order valence-electron chi connectivity index (χ3n) is 3.56. The quantitative estimate of drug-likeness (QED) is 0.851. The first-order valence-corrected chi connectivity index (χ1v) is 6.75. The van der Waals surface area contributed by atoms with Crippen LogP contribution in [0.5, 0.6) is 11.5 Å². The number of hydrogen-bond donors (Lipinski definition) is 1. The molecule has 2 heterocycles. The molecular weight excluding hydrogens is 330 g/mol. The average Bonchev–Trinajstić information content (AvgIpc) is 2.83. The summed E-state index contributed by atoms with van der Waals surface area (Å²) in [6, 6.07) is 3.17. The van der Waals surface area contributed by atoms with Crippen LogP contribution < -0.4 is 4.74 Å². The molecule has 0 amide bonds. The molecule has 0 aliphatic heterocycles. The van der Waals surface area contributed by atoms with Gasteiger partial charge in [0.05, 0.1) is 18.0 Å². The summed E-state index contributed by atoms with van der Waals surface area (Å²) >= 11 is 0. The summed E-state index contributed by atoms with van der Waals surface area (Å²) in [5.74, 6) is -0.0244. The summed E-state index contributed by atoms with van der Waals surface area (Å²) in [7, 11) is 0. The topological polar surface area (TPSA) is 79.0 Å². The van der Waals surface area contributed by atoms with Crippen LogP contribution in [0.25, 0.3) is 0 Å². The molecule has 0 fully saturated rings. The third-order valence-corrected chi connectivity index (χ3v) is 3.56. The van der Waals surface area contributed by atoms with Gasteiger partial charge in [-0.15, -0.1) is 0 Å². The zero-order chi connectivity index (χ0) is 17.5. The van der Waals surface area contributed by atoms with Crippen molar-refractivity contribution in [2.45, 2.75) is 24.9 Å². The lowest BCUT2D eigenvalue weighted by Gasteiger charge is -2.16. The molecule has 2 aromatic rings. The number of pyridine rings is 2. The molecular formula is C15H9F4N3O2. The first-order valence-electron chi connectivity index (χ1n) is 6.75. The highest BCUT2D eigenvalue weighted by atomic mass is 19.4. The highest BCUT2D eigenvalue weighted by Gasteiger charge is 2.44. The van der Waals surface area contributed by atoms with Crippen LogP contribution in [0.3, 0.4) is 0 Å². The largest absolute Gasteiger partial charge is 0.454 e. The van der Waals surface area contributed by atoms with Gasteiger partial charge in [0.25, 0.3) is 0 Å². The van der Waals surface area contributed by atoms with Crippen molar-refractivity contribution in [2.75, 3.05) is 0 Å². The minimum absolute atomic E-state index is 0.0922. The second-order valence-corrected chi connectivity index (χ2v) is 5.15. The zero-order valence-electron chi connectivity index (χ0n) is 11.9. The van der Waals surface area contributed by atoms with Crippen LogP contribution in [0.15, 0.2) is 24.7 Å². The van der Waals surface area contributed by atoms with Gasteiger partial charge in [0.1, 0.15) is 29.8 Å². The molecule has 24 heavy (non-hydrogen) atoms. The van der Waals surface area contributed by atoms with E-state index < -0.39 is 36.1 Å². The first kappa shape index (κ1) is 16.1. The Morgan fingerprint density at radius 2 is 2.04 bits per heavy atom. The van der Waals surface area contributed by atoms with E-state index in [1.165, 1.54) is 18.5 Å². The van der Waals surface area contributed by atoms with E-state index in [0.29, 0.717) is 0 Å². The van der Waals surface area contributed by atoms with E-state index in [1.54, 1.807) is 0 Å². The fraction of sp³-hybridized carbons (Fsp3) is 0.267. The molecule has 3 rings (SSSR count). The summed E-state index contributed by atoms with van der Waals surface area (Å²) in [6.07, 6.45) is -5.69. The second kappa shape index (κ2) is 5.72. The molecule has 5 nitrogen and oxygen atoms in total. The van der Waals surface area contributed by atoms with Crippen molar-refractivity contribution in [2.24, 2.45) is 0 Å². The molecule has 0 saturated heterocycles. The van der Waals surface area contributed by atoms with Gasteiger partial charge in [-0.1, -0.05) is 0 Å². The number of aliphatic hydroxyl groups is 1. The van der Waals surface area contributed by atoms with Gasteiger partial charge in [0.2, 0.25) is 0 Å². The lowest BCUT2D eigenvalue weighted by Crippen LogP contribution is -2.15. The number of ether oxygens (including phenoxy) is 1. The van der Waals surface area contributed by atoms with E-state index in [2.05, 4.69) is 9.97 Å². The van der Waals surface area contributed by atoms with Crippen molar-refractivity contribution < 1.29 is 27.4 Å². The maximum Gasteiger partial charge on any atom is 0.433 e. The van der Waals surface area contributed by atoms with Crippen LogP contribution in [0.1, 0.15) is 28.5 Å². The number of rotatable bonds is 2. The van der Waals surface area contributed by atoms with Gasteiger partial charge in [-0.3, -0.25) is 4.98 Å². The molecule has 1 N–H and O–H groups in total. The summed E-state index contributed by atoms with van der Waals surface area (Å²) in [5, 5.41) is 18.6. The molecule has 2 atom stereocenters. The van der Waals surface area contributed by atoms with Crippen LogP contribution in [0.4, 0.5) is 17.6 Å². The Kier molecular flexibility index (Phi) is 3.85. The van der Waals surface area contributed by atoms with E-state index in [9.17, 15) is 22.7 Å². The van der Waals surface area contributed by atoms with Crippen LogP contribution in [-0.4, -0.2) is 21.2 Å². The minimum atomic E-state index is -4.82. The average molecular weight is 339 g/mol. The predicted octanol–water partition coefficient (Wildman–Crippen LogP) is 3.09. The molecule has 2 aromatic heterocycles. The van der Waals surface area contributed by atoms with Crippen LogP contribution >= 0.6 is 0 Å². The number of hydrogen-bond acceptors (Lipinski definition) is 5. The Labute approximate surface area is 133 Å². The molecule has 0 aromatic carbocycles. The molecule has 9 heteroatoms. The highest BCUT2D eigenvalue weighted by molar-refractivity contribution is 5.49. The number of aromatic nitrogens is 2. The van der Waals surface area contributed by atoms with Gasteiger partial charge in [0, 0.05) is 29.8 Å². The van der Waals surface area contributed by atoms with E-state index in [4.69, 9.17) is 10.00 Å². The molecule has 0 radical (unpaired) electrons. The summed E-state index contributed by atoms with van der Waals surface area (Å²) in [5.41, 5.74) is -1.86. The zero-order valence-corrected chi connectivity index (χ0v) is 11.9. The number of alkyl halides is 4. The molecule has 1 aliphatic rings. The lowest BCUT2D eigenvalue weighted by molar-refractivity contribution is -0.143. The van der Waals surface area contributed by atoms with Crippen molar-refractivity contribution in [3.8, 4) is 17.6 Å². The fourth-order valence-corrected chi connectivity index (χ4v) is 2.54. The molecule has 0 unspecified atom stereocenters. The van der Waals surface area contributed by atoms with E-state index in [-0.39, 0.29) is 22.6 Å². The normalized spacial score (nSPS) is 19.7. The van der Waals surface area contributed by atoms with Gasteiger partial charge in [-0.05, 0) is 0 Å². The fourth-order valence-electron chi connectivity index (χ4n) is 2.54. The van der Waals surface area contributed by atoms with Gasteiger partial charge >= 0.3 is 6.18 Å². The van der Waals surface area contributed by atoms with Crippen molar-refractivity contribution in [3.63, 3.8) is 0 Å². The Bertz CT molecular complexity index is 832. The highest BCUT2D eigenvalue weighted by Crippen LogP contribution is 2.45. The Morgan fingerprint density at radius 1 is 1.29 bits per heavy atom. The monoisotopic (exact) mass is 339 g/mol. The summed E-state index contributed by atoms with van der Waals surface area (Å²) in [4.78, 5) is 7.04. The molecule has 1 aliphatic carbocycles. The number of fused-ring (bicyclic) bond motifs is 1. The molecule has 0 spiro atoms. The van der Waals surface area contributed by atoms with Crippen molar-refractivity contribution >= 4 is 0 Å². The number of halogens is 4. The van der Waals surface area contributed by atoms with E-state index in [0.717, 1.165) is 6.20 Å². The smallest absolute Gasteiger partial charge is 0.433 e. The number of aliphatic hydroxyl groups excluding tert-OH is 1.